The molecule has 0 fully saturated rings. The molecule has 3 aromatic rings. The molecule has 31 heavy (non-hydrogen) atoms. The van der Waals surface area contributed by atoms with E-state index in [0.29, 0.717) is 27.5 Å². The summed E-state index contributed by atoms with van der Waals surface area (Å²) in [7, 11) is 0. The third-order valence-corrected chi connectivity index (χ3v) is 5.39. The molecule has 4 rings (SSSR count). The normalized spacial score (nSPS) is 14.4. The number of hydrogen-bond donors (Lipinski definition) is 0. The molecule has 3 aromatic carbocycles. The molecule has 154 valence electrons. The van der Waals surface area contributed by atoms with Gasteiger partial charge in [-0.15, -0.1) is 0 Å². The highest BCUT2D eigenvalue weighted by molar-refractivity contribution is 9.10. The average Bonchev–Trinajstić information content (AvgIpc) is 3.11. The first-order chi connectivity index (χ1) is 14.9. The van der Waals surface area contributed by atoms with Crippen LogP contribution in [0.1, 0.15) is 27.0 Å². The van der Waals surface area contributed by atoms with Crippen molar-refractivity contribution in [3.63, 3.8) is 0 Å². The molecule has 0 bridgehead atoms. The summed E-state index contributed by atoms with van der Waals surface area (Å²) in [6, 6.07) is 19.0. The van der Waals surface area contributed by atoms with Gasteiger partial charge in [0.15, 0.2) is 5.70 Å². The molecule has 0 aliphatic carbocycles. The first kappa shape index (κ1) is 21.0. The number of carbonyl (C=O) groups is 2. The van der Waals surface area contributed by atoms with Crippen molar-refractivity contribution in [1.82, 2.24) is 0 Å². The summed E-state index contributed by atoms with van der Waals surface area (Å²) in [6.07, 6.45) is 1.60. The number of cyclic esters (lactones) is 1. The molecule has 0 saturated heterocycles. The molecule has 0 radical (unpaired) electrons. The zero-order chi connectivity index (χ0) is 22.0. The number of esters is 2. The van der Waals surface area contributed by atoms with Crippen LogP contribution in [0, 0.1) is 6.92 Å². The molecule has 0 spiro atoms. The van der Waals surface area contributed by atoms with E-state index in [1.54, 1.807) is 60.7 Å². The van der Waals surface area contributed by atoms with E-state index in [1.165, 1.54) is 0 Å². The Morgan fingerprint density at radius 2 is 1.87 bits per heavy atom. The van der Waals surface area contributed by atoms with E-state index in [-0.39, 0.29) is 11.6 Å². The van der Waals surface area contributed by atoms with Crippen LogP contribution >= 0.6 is 27.5 Å². The van der Waals surface area contributed by atoms with Crippen molar-refractivity contribution in [2.45, 2.75) is 6.92 Å². The molecule has 0 amide bonds. The van der Waals surface area contributed by atoms with Gasteiger partial charge in [-0.1, -0.05) is 51.8 Å². The summed E-state index contributed by atoms with van der Waals surface area (Å²) in [5.41, 5.74) is 2.87. The maximum absolute atomic E-state index is 12.2. The van der Waals surface area contributed by atoms with E-state index in [0.717, 1.165) is 10.0 Å². The SMILES string of the molecule is Cc1ccc(C2=N/C(=C\c3ccc(OC(=O)c4cccc(Br)c4)cc3)C(=O)O2)cc1Cl. The van der Waals surface area contributed by atoms with Crippen LogP contribution in [0.2, 0.25) is 5.02 Å². The Hall–Kier alpha value is -3.22. The second-order valence-electron chi connectivity index (χ2n) is 6.77. The van der Waals surface area contributed by atoms with E-state index in [4.69, 9.17) is 21.1 Å². The Balaban J connectivity index is 1.50. The summed E-state index contributed by atoms with van der Waals surface area (Å²) in [5, 5.41) is 0.571. The number of benzene rings is 3. The number of aryl methyl sites for hydroxylation is 1. The van der Waals surface area contributed by atoms with E-state index in [1.807, 2.05) is 19.1 Å². The molecule has 0 aromatic heterocycles. The van der Waals surface area contributed by atoms with E-state index >= 15 is 0 Å². The Kier molecular flexibility index (Phi) is 6.02. The van der Waals surface area contributed by atoms with Crippen LogP contribution in [0.15, 0.2) is 81.9 Å². The van der Waals surface area contributed by atoms with Crippen LogP contribution in [0.4, 0.5) is 0 Å². The molecule has 1 aliphatic rings. The van der Waals surface area contributed by atoms with Crippen molar-refractivity contribution in [2.24, 2.45) is 4.99 Å². The van der Waals surface area contributed by atoms with Crippen molar-refractivity contribution in [3.8, 4) is 5.75 Å². The van der Waals surface area contributed by atoms with Crippen molar-refractivity contribution in [1.29, 1.82) is 0 Å². The van der Waals surface area contributed by atoms with Gasteiger partial charge in [-0.25, -0.2) is 14.6 Å². The standard InChI is InChI=1S/C24H15BrClNO4/c1-14-5-8-16(13-20(14)26)22-27-21(24(29)31-22)11-15-6-9-19(10-7-15)30-23(28)17-3-2-4-18(25)12-17/h2-13H,1H3/b21-11-. The first-order valence-electron chi connectivity index (χ1n) is 9.26. The Bertz CT molecular complexity index is 1250. The van der Waals surface area contributed by atoms with Gasteiger partial charge < -0.3 is 9.47 Å². The Morgan fingerprint density at radius 3 is 2.58 bits per heavy atom. The fraction of sp³-hybridized carbons (Fsp3) is 0.0417. The molecule has 0 saturated carbocycles. The fourth-order valence-corrected chi connectivity index (χ4v) is 3.41. The van der Waals surface area contributed by atoms with Crippen LogP contribution < -0.4 is 4.74 Å². The van der Waals surface area contributed by atoms with Crippen molar-refractivity contribution >= 4 is 51.4 Å². The highest BCUT2D eigenvalue weighted by Gasteiger charge is 2.24. The molecule has 1 heterocycles. The number of rotatable bonds is 4. The van der Waals surface area contributed by atoms with E-state index < -0.39 is 11.9 Å². The summed E-state index contributed by atoms with van der Waals surface area (Å²) >= 11 is 9.47. The number of ether oxygens (including phenoxy) is 2. The number of halogens is 2. The van der Waals surface area contributed by atoms with Crippen LogP contribution in [0.3, 0.4) is 0 Å². The lowest BCUT2D eigenvalue weighted by Gasteiger charge is -2.05. The van der Waals surface area contributed by atoms with Gasteiger partial charge in [0.25, 0.3) is 0 Å². The lowest BCUT2D eigenvalue weighted by molar-refractivity contribution is -0.129. The third kappa shape index (κ3) is 4.93. The van der Waals surface area contributed by atoms with Gasteiger partial charge in [0.2, 0.25) is 5.90 Å². The number of aliphatic imine (C=N–C) groups is 1. The van der Waals surface area contributed by atoms with Gasteiger partial charge in [-0.3, -0.25) is 0 Å². The average molecular weight is 497 g/mol. The van der Waals surface area contributed by atoms with Crippen LogP contribution in [-0.2, 0) is 9.53 Å². The molecule has 5 nitrogen and oxygen atoms in total. The summed E-state index contributed by atoms with van der Waals surface area (Å²) in [4.78, 5) is 28.7. The van der Waals surface area contributed by atoms with Gasteiger partial charge in [0.1, 0.15) is 5.75 Å². The molecule has 1 aliphatic heterocycles. The maximum atomic E-state index is 12.2. The number of hydrogen-bond acceptors (Lipinski definition) is 5. The molecular weight excluding hydrogens is 482 g/mol. The van der Waals surface area contributed by atoms with Crippen molar-refractivity contribution in [3.05, 3.63) is 104 Å². The Morgan fingerprint density at radius 1 is 1.10 bits per heavy atom. The first-order valence-corrected chi connectivity index (χ1v) is 10.4. The van der Waals surface area contributed by atoms with E-state index in [2.05, 4.69) is 20.9 Å². The van der Waals surface area contributed by atoms with Crippen molar-refractivity contribution in [2.75, 3.05) is 0 Å². The zero-order valence-electron chi connectivity index (χ0n) is 16.3. The lowest BCUT2D eigenvalue weighted by atomic mass is 10.1. The van der Waals surface area contributed by atoms with Gasteiger partial charge in [-0.2, -0.15) is 0 Å². The number of nitrogens with zero attached hydrogens (tertiary/aromatic N) is 1. The van der Waals surface area contributed by atoms with Gasteiger partial charge in [0, 0.05) is 15.1 Å². The van der Waals surface area contributed by atoms with E-state index in [9.17, 15) is 9.59 Å². The zero-order valence-corrected chi connectivity index (χ0v) is 18.6. The Labute approximate surface area is 192 Å². The fourth-order valence-electron chi connectivity index (χ4n) is 2.83. The highest BCUT2D eigenvalue weighted by Crippen LogP contribution is 2.24. The summed E-state index contributed by atoms with van der Waals surface area (Å²) in [5.74, 6) is -0.410. The summed E-state index contributed by atoms with van der Waals surface area (Å²) in [6.45, 7) is 1.89. The minimum absolute atomic E-state index is 0.172. The predicted octanol–water partition coefficient (Wildman–Crippen LogP) is 5.97. The summed E-state index contributed by atoms with van der Waals surface area (Å²) < 4.78 is 11.4. The topological polar surface area (TPSA) is 65.0 Å². The molecule has 7 heteroatoms. The smallest absolute Gasteiger partial charge is 0.363 e. The monoisotopic (exact) mass is 495 g/mol. The highest BCUT2D eigenvalue weighted by atomic mass is 79.9. The second-order valence-corrected chi connectivity index (χ2v) is 8.09. The van der Waals surface area contributed by atoms with Crippen LogP contribution in [0.25, 0.3) is 6.08 Å². The molecule has 0 unspecified atom stereocenters. The predicted molar refractivity (Wildman–Crippen MR) is 122 cm³/mol. The largest absolute Gasteiger partial charge is 0.423 e. The van der Waals surface area contributed by atoms with Gasteiger partial charge in [-0.05, 0) is 66.6 Å². The third-order valence-electron chi connectivity index (χ3n) is 4.49. The lowest BCUT2D eigenvalue weighted by Crippen LogP contribution is -2.08. The minimum atomic E-state index is -0.545. The molecule has 0 atom stereocenters. The maximum Gasteiger partial charge on any atom is 0.363 e. The second kappa shape index (κ2) is 8.88. The van der Waals surface area contributed by atoms with Gasteiger partial charge in [0.05, 0.1) is 5.56 Å². The van der Waals surface area contributed by atoms with Crippen LogP contribution in [-0.4, -0.2) is 17.8 Å². The molecule has 0 N–H and O–H groups in total. The minimum Gasteiger partial charge on any atom is -0.423 e. The quantitative estimate of drug-likeness (QED) is 0.253. The molecular formula is C24H15BrClNO4. The number of carbonyl (C=O) groups excluding carboxylic acids is 2. The van der Waals surface area contributed by atoms with Crippen LogP contribution in [0.5, 0.6) is 5.75 Å². The van der Waals surface area contributed by atoms with Crippen molar-refractivity contribution < 1.29 is 19.1 Å². The van der Waals surface area contributed by atoms with Gasteiger partial charge >= 0.3 is 11.9 Å².